The third-order valence-electron chi connectivity index (χ3n) is 6.83. The van der Waals surface area contributed by atoms with Gasteiger partial charge in [-0.05, 0) is 43.5 Å². The summed E-state index contributed by atoms with van der Waals surface area (Å²) in [6, 6.07) is 21.4. The molecule has 0 saturated carbocycles. The van der Waals surface area contributed by atoms with E-state index in [0.29, 0.717) is 6.42 Å². The standard InChI is InChI=1S/C29H35N5O5/c1-29(2)26(33(3)28(37)39-29)27(36)31-34(19-25(35)24(32-38)17-20-9-5-4-6-10-20)18-21-12-14-22(15-13-21)23-11-7-8-16-30-23/h4-16,24-26,32,35,38H,17-19H2,1-3H3,(H,31,36). The highest BCUT2D eigenvalue weighted by molar-refractivity contribution is 5.89. The number of carbonyl (C=O) groups excluding carboxylic acids is 2. The normalized spacial score (nSPS) is 18.1. The van der Waals surface area contributed by atoms with Gasteiger partial charge >= 0.3 is 6.09 Å². The number of benzene rings is 2. The van der Waals surface area contributed by atoms with Crippen molar-refractivity contribution in [3.05, 3.63) is 90.1 Å². The second-order valence-electron chi connectivity index (χ2n) is 10.2. The van der Waals surface area contributed by atoms with Gasteiger partial charge in [-0.2, -0.15) is 5.48 Å². The molecule has 4 N–H and O–H groups in total. The van der Waals surface area contributed by atoms with Gasteiger partial charge in [0.05, 0.1) is 17.8 Å². The molecule has 0 spiro atoms. The predicted octanol–water partition coefficient (Wildman–Crippen LogP) is 2.76. The van der Waals surface area contributed by atoms with Gasteiger partial charge in [-0.15, -0.1) is 0 Å². The molecule has 1 aliphatic heterocycles. The second kappa shape index (κ2) is 12.4. The number of pyridine rings is 1. The first-order chi connectivity index (χ1) is 18.7. The van der Waals surface area contributed by atoms with Crippen molar-refractivity contribution in [3.63, 3.8) is 0 Å². The topological polar surface area (TPSA) is 127 Å². The number of aliphatic hydroxyl groups is 1. The van der Waals surface area contributed by atoms with Crippen molar-refractivity contribution in [1.29, 1.82) is 0 Å². The molecular formula is C29H35N5O5. The molecule has 0 radical (unpaired) electrons. The Balaban J connectivity index is 1.52. The lowest BCUT2D eigenvalue weighted by Gasteiger charge is -2.32. The summed E-state index contributed by atoms with van der Waals surface area (Å²) in [6.07, 6.45) is 0.485. The van der Waals surface area contributed by atoms with E-state index in [9.17, 15) is 19.9 Å². The van der Waals surface area contributed by atoms with Crippen LogP contribution >= 0.6 is 0 Å². The molecule has 0 bridgehead atoms. The summed E-state index contributed by atoms with van der Waals surface area (Å²) in [6.45, 7) is 3.63. The quantitative estimate of drug-likeness (QED) is 0.277. The molecule has 1 saturated heterocycles. The zero-order valence-corrected chi connectivity index (χ0v) is 22.3. The number of hydrazine groups is 1. The predicted molar refractivity (Wildman–Crippen MR) is 145 cm³/mol. The van der Waals surface area contributed by atoms with Crippen LogP contribution in [0.3, 0.4) is 0 Å². The molecule has 10 heteroatoms. The number of aliphatic hydroxyl groups excluding tert-OH is 1. The Kier molecular flexibility index (Phi) is 8.93. The van der Waals surface area contributed by atoms with Crippen molar-refractivity contribution in [2.45, 2.75) is 50.6 Å². The Hall–Kier alpha value is -3.83. The number of nitrogens with zero attached hydrogens (tertiary/aromatic N) is 3. The van der Waals surface area contributed by atoms with Gasteiger partial charge in [-0.25, -0.2) is 9.80 Å². The van der Waals surface area contributed by atoms with Crippen molar-refractivity contribution in [3.8, 4) is 11.3 Å². The van der Waals surface area contributed by atoms with Crippen molar-refractivity contribution in [2.75, 3.05) is 13.6 Å². The fourth-order valence-electron chi connectivity index (χ4n) is 4.81. The van der Waals surface area contributed by atoms with Crippen LogP contribution in [0.15, 0.2) is 79.0 Å². The van der Waals surface area contributed by atoms with Gasteiger partial charge < -0.3 is 15.1 Å². The molecule has 1 fully saturated rings. The molecule has 0 aliphatic carbocycles. The van der Waals surface area contributed by atoms with E-state index < -0.39 is 35.8 Å². The van der Waals surface area contributed by atoms with Crippen LogP contribution in [0.1, 0.15) is 25.0 Å². The first-order valence-electron chi connectivity index (χ1n) is 12.8. The van der Waals surface area contributed by atoms with Crippen molar-refractivity contribution in [2.24, 2.45) is 0 Å². The van der Waals surface area contributed by atoms with E-state index in [-0.39, 0.29) is 13.1 Å². The van der Waals surface area contributed by atoms with Crippen LogP contribution in [0.5, 0.6) is 0 Å². The summed E-state index contributed by atoms with van der Waals surface area (Å²) >= 11 is 0. The van der Waals surface area contributed by atoms with E-state index in [1.807, 2.05) is 72.8 Å². The summed E-state index contributed by atoms with van der Waals surface area (Å²) in [5.74, 6) is -0.442. The minimum atomic E-state index is -1.05. The van der Waals surface area contributed by atoms with E-state index in [0.717, 1.165) is 22.4 Å². The number of amides is 2. The summed E-state index contributed by atoms with van der Waals surface area (Å²) < 4.78 is 5.36. The third-order valence-corrected chi connectivity index (χ3v) is 6.83. The van der Waals surface area contributed by atoms with E-state index in [1.165, 1.54) is 11.9 Å². The van der Waals surface area contributed by atoms with E-state index in [4.69, 9.17) is 4.74 Å². The maximum absolute atomic E-state index is 13.4. The molecule has 2 heterocycles. The lowest BCUT2D eigenvalue weighted by atomic mass is 9.98. The third kappa shape index (κ3) is 6.98. The number of nitrogens with one attached hydrogen (secondary N) is 2. The smallest absolute Gasteiger partial charge is 0.410 e. The number of hydrogen-bond acceptors (Lipinski definition) is 8. The zero-order chi connectivity index (χ0) is 28.0. The highest BCUT2D eigenvalue weighted by Crippen LogP contribution is 2.28. The van der Waals surface area contributed by atoms with Crippen LogP contribution in [0.2, 0.25) is 0 Å². The summed E-state index contributed by atoms with van der Waals surface area (Å²) in [5.41, 5.74) is 7.66. The van der Waals surface area contributed by atoms with Gasteiger partial charge in [0.15, 0.2) is 6.04 Å². The fraction of sp³-hybridized carbons (Fsp3) is 0.345. The lowest BCUT2D eigenvalue weighted by molar-refractivity contribution is -0.134. The van der Waals surface area contributed by atoms with Crippen molar-refractivity contribution >= 4 is 12.0 Å². The van der Waals surface area contributed by atoms with Crippen LogP contribution in [-0.2, 0) is 22.5 Å². The molecule has 3 unspecified atom stereocenters. The van der Waals surface area contributed by atoms with Gasteiger partial charge in [0.1, 0.15) is 5.60 Å². The minimum absolute atomic E-state index is 0.00442. The minimum Gasteiger partial charge on any atom is -0.441 e. The van der Waals surface area contributed by atoms with Crippen LogP contribution in [0.4, 0.5) is 4.79 Å². The highest BCUT2D eigenvalue weighted by Gasteiger charge is 2.50. The highest BCUT2D eigenvalue weighted by atomic mass is 16.6. The Bertz CT molecular complexity index is 1240. The van der Waals surface area contributed by atoms with Crippen LogP contribution in [-0.4, -0.2) is 74.6 Å². The van der Waals surface area contributed by atoms with E-state index in [1.54, 1.807) is 25.1 Å². The molecule has 3 atom stereocenters. The zero-order valence-electron chi connectivity index (χ0n) is 22.3. The van der Waals surface area contributed by atoms with Crippen LogP contribution in [0.25, 0.3) is 11.3 Å². The van der Waals surface area contributed by atoms with Crippen molar-refractivity contribution in [1.82, 2.24) is 25.8 Å². The summed E-state index contributed by atoms with van der Waals surface area (Å²) in [7, 11) is 1.52. The van der Waals surface area contributed by atoms with Gasteiger partial charge in [-0.1, -0.05) is 60.7 Å². The fourth-order valence-corrected chi connectivity index (χ4v) is 4.81. The number of ether oxygens (including phenoxy) is 1. The molecule has 3 aromatic rings. The SMILES string of the molecule is CN1C(=O)OC(C)(C)C1C(=O)NN(Cc1ccc(-c2ccccn2)cc1)CC(O)C(Cc1ccccc1)NO. The average Bonchev–Trinajstić information content (AvgIpc) is 3.14. The average molecular weight is 534 g/mol. The Morgan fingerprint density at radius 3 is 2.36 bits per heavy atom. The number of hydrogen-bond donors (Lipinski definition) is 4. The number of cyclic esters (lactones) is 1. The lowest BCUT2D eigenvalue weighted by Crippen LogP contribution is -2.57. The van der Waals surface area contributed by atoms with E-state index in [2.05, 4.69) is 15.9 Å². The molecule has 206 valence electrons. The molecule has 1 aliphatic rings. The van der Waals surface area contributed by atoms with Gasteiger partial charge in [0, 0.05) is 31.9 Å². The van der Waals surface area contributed by atoms with Crippen LogP contribution in [0, 0.1) is 0 Å². The van der Waals surface area contributed by atoms with Gasteiger partial charge in [0.25, 0.3) is 5.91 Å². The second-order valence-corrected chi connectivity index (χ2v) is 10.2. The number of aromatic nitrogens is 1. The van der Waals surface area contributed by atoms with Crippen molar-refractivity contribution < 1.29 is 24.6 Å². The molecule has 39 heavy (non-hydrogen) atoms. The van der Waals surface area contributed by atoms with Crippen LogP contribution < -0.4 is 10.9 Å². The number of rotatable bonds is 11. The number of likely N-dealkylation sites (N-methyl/N-ethyl adjacent to an activating group) is 1. The molecular weight excluding hydrogens is 498 g/mol. The van der Waals surface area contributed by atoms with Gasteiger partial charge in [-0.3, -0.25) is 20.1 Å². The first-order valence-corrected chi connectivity index (χ1v) is 12.8. The largest absolute Gasteiger partial charge is 0.441 e. The monoisotopic (exact) mass is 533 g/mol. The Morgan fingerprint density at radius 1 is 1.08 bits per heavy atom. The first kappa shape index (κ1) is 28.2. The molecule has 2 aromatic carbocycles. The summed E-state index contributed by atoms with van der Waals surface area (Å²) in [4.78, 5) is 31.2. The molecule has 4 rings (SSSR count). The summed E-state index contributed by atoms with van der Waals surface area (Å²) in [5, 5.41) is 22.5. The van der Waals surface area contributed by atoms with Gasteiger partial charge in [0.2, 0.25) is 0 Å². The maximum atomic E-state index is 13.4. The number of hydroxylamine groups is 1. The van der Waals surface area contributed by atoms with E-state index >= 15 is 0 Å². The Labute approximate surface area is 228 Å². The number of carbonyl (C=O) groups is 2. The molecule has 1 aromatic heterocycles. The molecule has 2 amide bonds. The maximum Gasteiger partial charge on any atom is 0.410 e. The Morgan fingerprint density at radius 2 is 1.77 bits per heavy atom. The molecule has 10 nitrogen and oxygen atoms in total.